The maximum absolute atomic E-state index is 13.5. The van der Waals surface area contributed by atoms with Crippen LogP contribution in [0.3, 0.4) is 0 Å². The summed E-state index contributed by atoms with van der Waals surface area (Å²) in [5, 5.41) is 0. The summed E-state index contributed by atoms with van der Waals surface area (Å²) in [6.45, 7) is 14.9. The normalized spacial score (nSPS) is 18.1. The molecular weight excluding hydrogens is 513 g/mol. The van der Waals surface area contributed by atoms with Crippen molar-refractivity contribution in [3.05, 3.63) is 12.2 Å². The quantitative estimate of drug-likeness (QED) is 0.142. The first-order valence-electron chi connectivity index (χ1n) is 14.0. The van der Waals surface area contributed by atoms with Crippen molar-refractivity contribution < 1.29 is 4.79 Å². The maximum atomic E-state index is 13.5. The Bertz CT molecular complexity index is 540. The molecule has 32 heavy (non-hydrogen) atoms. The Balaban J connectivity index is 3.69. The van der Waals surface area contributed by atoms with Crippen LogP contribution >= 0.6 is 0 Å². The van der Waals surface area contributed by atoms with Gasteiger partial charge in [-0.1, -0.05) is 0 Å². The molecule has 0 aromatic rings. The molecule has 2 nitrogen and oxygen atoms in total. The number of unbranched alkanes of at least 4 members (excludes halogenated alkanes) is 3. The molecule has 0 aromatic carbocycles. The number of hydrogen-bond acceptors (Lipinski definition) is 1. The van der Waals surface area contributed by atoms with Gasteiger partial charge in [0.05, 0.1) is 0 Å². The molecule has 0 heterocycles. The molecule has 0 radical (unpaired) electrons. The third kappa shape index (κ3) is 8.17. The van der Waals surface area contributed by atoms with Crippen LogP contribution in [0.25, 0.3) is 0 Å². The fraction of sp³-hybridized carbons (Fsp3) is 0.893. The van der Waals surface area contributed by atoms with Crippen molar-refractivity contribution in [3.63, 3.8) is 0 Å². The van der Waals surface area contributed by atoms with Crippen LogP contribution in [0, 0.1) is 5.92 Å². The summed E-state index contributed by atoms with van der Waals surface area (Å²) >= 11 is -2.76. The zero-order valence-corrected chi connectivity index (χ0v) is 27.0. The van der Waals surface area contributed by atoms with Gasteiger partial charge in [-0.3, -0.25) is 0 Å². The molecule has 188 valence electrons. The molecule has 0 aromatic heterocycles. The van der Waals surface area contributed by atoms with Crippen molar-refractivity contribution in [1.82, 2.24) is 4.90 Å². The molecule has 0 saturated heterocycles. The molecule has 0 bridgehead atoms. The average molecular weight is 571 g/mol. The monoisotopic (exact) mass is 571 g/mol. The van der Waals surface area contributed by atoms with E-state index < -0.39 is 26.5 Å². The Morgan fingerprint density at radius 3 is 1.75 bits per heavy atom. The first-order chi connectivity index (χ1) is 15.1. The number of carbonyl (C=O) groups excluding carboxylic acids is 1. The molecule has 4 heteroatoms. The van der Waals surface area contributed by atoms with Crippen LogP contribution in [0.2, 0.25) is 36.0 Å². The van der Waals surface area contributed by atoms with Crippen molar-refractivity contribution in [2.45, 2.75) is 134 Å². The third-order valence-corrected chi connectivity index (χ3v) is 39.1. The predicted octanol–water partition coefficient (Wildman–Crippen LogP) is 9.07. The van der Waals surface area contributed by atoms with E-state index in [1.807, 2.05) is 19.0 Å². The molecular formula is C28H57NOSiSn. The molecule has 1 amide bonds. The Hall–Kier alpha value is 0.226. The molecule has 1 aliphatic carbocycles. The van der Waals surface area contributed by atoms with E-state index >= 15 is 0 Å². The predicted molar refractivity (Wildman–Crippen MR) is 150 cm³/mol. The summed E-state index contributed by atoms with van der Waals surface area (Å²) in [6, 6.07) is 0. The van der Waals surface area contributed by atoms with Gasteiger partial charge in [0.1, 0.15) is 0 Å². The van der Waals surface area contributed by atoms with Gasteiger partial charge in [-0.2, -0.15) is 0 Å². The number of allylic oxidation sites excluding steroid dienone is 2. The summed E-state index contributed by atoms with van der Waals surface area (Å²) in [7, 11) is 2.29. The molecule has 1 fully saturated rings. The van der Waals surface area contributed by atoms with Crippen molar-refractivity contribution in [3.8, 4) is 0 Å². The average Bonchev–Trinajstić information content (AvgIpc) is 2.76. The van der Waals surface area contributed by atoms with E-state index in [1.165, 1.54) is 83.9 Å². The molecule has 1 saturated carbocycles. The van der Waals surface area contributed by atoms with Gasteiger partial charge in [0.15, 0.2) is 0 Å². The Labute approximate surface area is 207 Å². The number of nitrogens with zero attached hydrogens (tertiary/aromatic N) is 1. The summed E-state index contributed by atoms with van der Waals surface area (Å²) in [4.78, 5) is 15.4. The fourth-order valence-corrected chi connectivity index (χ4v) is 42.9. The van der Waals surface area contributed by atoms with E-state index in [2.05, 4.69) is 52.6 Å². The van der Waals surface area contributed by atoms with Crippen LogP contribution in [0.4, 0.5) is 0 Å². The molecule has 0 N–H and O–H groups in total. The van der Waals surface area contributed by atoms with Crippen LogP contribution in [0.15, 0.2) is 12.2 Å². The van der Waals surface area contributed by atoms with E-state index in [0.29, 0.717) is 5.91 Å². The standard InChI is InChI=1S/C16H30NOSi.3C4H9.Sn/c1-17(2)16(18)13-15(19(3,4)5)12-11-14-9-7-6-8-10-14;3*1-3-4-2;/h11-12,14H,6-10,13H2,1-5H3;3*1,3-4H2,2H3;/b12-11+;;;;. The molecule has 1 rings (SSSR count). The van der Waals surface area contributed by atoms with E-state index in [-0.39, 0.29) is 3.05 Å². The van der Waals surface area contributed by atoms with Crippen molar-refractivity contribution in [2.75, 3.05) is 14.1 Å². The van der Waals surface area contributed by atoms with Gasteiger partial charge in [-0.05, 0) is 0 Å². The number of amides is 1. The van der Waals surface area contributed by atoms with Gasteiger partial charge in [0.25, 0.3) is 0 Å². The first kappa shape index (κ1) is 30.3. The van der Waals surface area contributed by atoms with Gasteiger partial charge < -0.3 is 0 Å². The summed E-state index contributed by atoms with van der Waals surface area (Å²) in [5.74, 6) is 1.13. The van der Waals surface area contributed by atoms with Crippen LogP contribution in [-0.4, -0.2) is 51.4 Å². The minimum absolute atomic E-state index is 0.236. The number of carbonyl (C=O) groups is 1. The van der Waals surface area contributed by atoms with Crippen molar-refractivity contribution >= 4 is 32.4 Å². The third-order valence-electron chi connectivity index (χ3n) is 8.54. The van der Waals surface area contributed by atoms with Gasteiger partial charge >= 0.3 is 208 Å². The Kier molecular flexibility index (Phi) is 13.8. The Morgan fingerprint density at radius 1 is 0.906 bits per heavy atom. The van der Waals surface area contributed by atoms with Crippen molar-refractivity contribution in [1.29, 1.82) is 0 Å². The topological polar surface area (TPSA) is 20.3 Å². The fourth-order valence-electron chi connectivity index (χ4n) is 6.35. The van der Waals surface area contributed by atoms with Crippen LogP contribution < -0.4 is 0 Å². The van der Waals surface area contributed by atoms with Crippen molar-refractivity contribution in [2.24, 2.45) is 5.92 Å². The van der Waals surface area contributed by atoms with E-state index in [0.717, 1.165) is 12.3 Å². The minimum atomic E-state index is -2.76. The van der Waals surface area contributed by atoms with Crippen LogP contribution in [-0.2, 0) is 4.79 Å². The van der Waals surface area contributed by atoms with Crippen LogP contribution in [0.1, 0.15) is 97.8 Å². The van der Waals surface area contributed by atoms with Gasteiger partial charge in [-0.15, -0.1) is 0 Å². The zero-order valence-electron chi connectivity index (χ0n) is 23.2. The second-order valence-electron chi connectivity index (χ2n) is 12.0. The molecule has 1 aliphatic rings. The van der Waals surface area contributed by atoms with E-state index in [4.69, 9.17) is 0 Å². The Morgan fingerprint density at radius 2 is 1.38 bits per heavy atom. The second kappa shape index (κ2) is 14.6. The zero-order chi connectivity index (χ0) is 24.3. The molecule has 1 unspecified atom stereocenters. The van der Waals surface area contributed by atoms with Crippen LogP contribution in [0.5, 0.6) is 0 Å². The molecule has 1 atom stereocenters. The first-order valence-corrected chi connectivity index (χ1v) is 25.0. The van der Waals surface area contributed by atoms with Gasteiger partial charge in [-0.25, -0.2) is 0 Å². The number of rotatable bonds is 15. The second-order valence-corrected chi connectivity index (χ2v) is 33.0. The summed E-state index contributed by atoms with van der Waals surface area (Å²) < 4.78 is 4.71. The number of hydrogen-bond donors (Lipinski definition) is 0. The van der Waals surface area contributed by atoms with E-state index in [1.54, 1.807) is 0 Å². The van der Waals surface area contributed by atoms with E-state index in [9.17, 15) is 4.79 Å². The molecule has 0 spiro atoms. The summed E-state index contributed by atoms with van der Waals surface area (Å²) in [5.41, 5.74) is 0. The molecule has 0 aliphatic heterocycles. The summed E-state index contributed by atoms with van der Waals surface area (Å²) in [6.07, 6.45) is 21.2. The van der Waals surface area contributed by atoms with Gasteiger partial charge in [0.2, 0.25) is 0 Å². The van der Waals surface area contributed by atoms with Gasteiger partial charge in [0, 0.05) is 0 Å². The SMILES string of the molecule is CCC[CH2][Sn]([CH2]CCC)([CH2]CCC)[C](/C=C/C1CCCCC1)(CC(=O)N(C)C)[Si](C)(C)C.